The number of hydrogen-bond acceptors (Lipinski definition) is 2. The van der Waals surface area contributed by atoms with Gasteiger partial charge in [0, 0.05) is 31.0 Å². The van der Waals surface area contributed by atoms with Crippen LogP contribution in [0.2, 0.25) is 0 Å². The first-order chi connectivity index (χ1) is 9.80. The summed E-state index contributed by atoms with van der Waals surface area (Å²) < 4.78 is 2.08. The van der Waals surface area contributed by atoms with Crippen LogP contribution in [0.4, 0.5) is 0 Å². The molecule has 0 amide bonds. The highest BCUT2D eigenvalue weighted by molar-refractivity contribution is 5.90. The second-order valence-electron chi connectivity index (χ2n) is 6.21. The molecule has 0 radical (unpaired) electrons. The standard InChI is InChI=1S/C16H22N2O.C2H6.H2/c1-16(2,3)15(19)13(17)9-11-10-18(4)14-8-6-5-7-12(11)14;1-2;/h5-8,10,13H,9,17H2,1-4H3;1-2H3;1H/t13-;;/m0../s1. The first kappa shape index (κ1) is 17.4. The lowest BCUT2D eigenvalue weighted by Gasteiger charge is -2.21. The lowest BCUT2D eigenvalue weighted by Crippen LogP contribution is -2.40. The van der Waals surface area contributed by atoms with Crippen LogP contribution in [-0.2, 0) is 18.3 Å². The number of rotatable bonds is 3. The van der Waals surface area contributed by atoms with Crippen LogP contribution in [0.15, 0.2) is 30.5 Å². The lowest BCUT2D eigenvalue weighted by molar-refractivity contribution is -0.127. The maximum absolute atomic E-state index is 12.2. The first-order valence-corrected chi connectivity index (χ1v) is 7.63. The number of benzene rings is 1. The zero-order valence-corrected chi connectivity index (χ0v) is 14.1. The summed E-state index contributed by atoms with van der Waals surface area (Å²) in [6.45, 7) is 9.74. The summed E-state index contributed by atoms with van der Waals surface area (Å²) in [4.78, 5) is 12.2. The van der Waals surface area contributed by atoms with E-state index in [-0.39, 0.29) is 12.6 Å². The van der Waals surface area contributed by atoms with Crippen molar-refractivity contribution < 1.29 is 6.22 Å². The summed E-state index contributed by atoms with van der Waals surface area (Å²) in [5.74, 6) is 0.112. The molecule has 0 spiro atoms. The molecule has 0 unspecified atom stereocenters. The molecule has 2 rings (SSSR count). The number of nitrogens with zero attached hydrogens (tertiary/aromatic N) is 1. The molecule has 1 heterocycles. The van der Waals surface area contributed by atoms with E-state index in [0.29, 0.717) is 6.42 Å². The number of para-hydroxylation sites is 1. The Labute approximate surface area is 129 Å². The van der Waals surface area contributed by atoms with Gasteiger partial charge >= 0.3 is 0 Å². The smallest absolute Gasteiger partial charge is 0.155 e. The van der Waals surface area contributed by atoms with Crippen LogP contribution >= 0.6 is 0 Å². The van der Waals surface area contributed by atoms with E-state index in [2.05, 4.69) is 22.9 Å². The van der Waals surface area contributed by atoms with Gasteiger partial charge in [0.05, 0.1) is 6.04 Å². The van der Waals surface area contributed by atoms with Gasteiger partial charge in [0.25, 0.3) is 0 Å². The van der Waals surface area contributed by atoms with Crippen LogP contribution in [0.25, 0.3) is 10.9 Å². The largest absolute Gasteiger partial charge is 0.350 e. The first-order valence-electron chi connectivity index (χ1n) is 7.63. The van der Waals surface area contributed by atoms with Crippen molar-refractivity contribution in [2.24, 2.45) is 18.2 Å². The fourth-order valence-electron chi connectivity index (χ4n) is 2.47. The zero-order chi connectivity index (χ0) is 16.2. The number of aromatic nitrogens is 1. The van der Waals surface area contributed by atoms with E-state index in [9.17, 15) is 4.79 Å². The van der Waals surface area contributed by atoms with Gasteiger partial charge in [-0.25, -0.2) is 0 Å². The quantitative estimate of drug-likeness (QED) is 0.931. The Balaban J connectivity index is 0.00000141. The van der Waals surface area contributed by atoms with E-state index in [4.69, 9.17) is 5.73 Å². The van der Waals surface area contributed by atoms with Crippen LogP contribution in [0.5, 0.6) is 0 Å². The second-order valence-corrected chi connectivity index (χ2v) is 6.21. The van der Waals surface area contributed by atoms with Gasteiger partial charge in [0.15, 0.2) is 5.78 Å². The topological polar surface area (TPSA) is 48.0 Å². The average Bonchev–Trinajstić information content (AvgIpc) is 2.76. The molecule has 1 aromatic carbocycles. The third-order valence-corrected chi connectivity index (χ3v) is 3.50. The molecular formula is C18H30N2O. The van der Waals surface area contributed by atoms with Gasteiger partial charge in [0.1, 0.15) is 0 Å². The van der Waals surface area contributed by atoms with Crippen LogP contribution in [-0.4, -0.2) is 16.4 Å². The minimum Gasteiger partial charge on any atom is -0.350 e. The van der Waals surface area contributed by atoms with Crippen LogP contribution in [0, 0.1) is 5.41 Å². The zero-order valence-electron chi connectivity index (χ0n) is 14.1. The monoisotopic (exact) mass is 290 g/mol. The van der Waals surface area contributed by atoms with Crippen LogP contribution < -0.4 is 5.73 Å². The van der Waals surface area contributed by atoms with E-state index in [0.717, 1.165) is 5.56 Å². The number of carbonyl (C=O) groups is 1. The molecule has 3 nitrogen and oxygen atoms in total. The Morgan fingerprint density at radius 3 is 2.43 bits per heavy atom. The molecular weight excluding hydrogens is 260 g/mol. The maximum Gasteiger partial charge on any atom is 0.155 e. The van der Waals surface area contributed by atoms with Gasteiger partial charge in [0.2, 0.25) is 0 Å². The fraction of sp³-hybridized carbons (Fsp3) is 0.500. The number of nitrogens with two attached hydrogens (primary N) is 1. The summed E-state index contributed by atoms with van der Waals surface area (Å²) in [6, 6.07) is 7.76. The van der Waals surface area contributed by atoms with Crippen molar-refractivity contribution in [1.82, 2.24) is 4.57 Å². The Hall–Kier alpha value is -1.61. The molecule has 118 valence electrons. The molecule has 3 heteroatoms. The highest BCUT2D eigenvalue weighted by atomic mass is 16.1. The molecule has 1 aromatic heterocycles. The van der Waals surface area contributed by atoms with Crippen molar-refractivity contribution in [2.45, 2.75) is 47.1 Å². The van der Waals surface area contributed by atoms with E-state index in [1.165, 1.54) is 10.9 Å². The van der Waals surface area contributed by atoms with Crippen molar-refractivity contribution in [3.05, 3.63) is 36.0 Å². The summed E-state index contributed by atoms with van der Waals surface area (Å²) >= 11 is 0. The summed E-state index contributed by atoms with van der Waals surface area (Å²) in [7, 11) is 2.02. The number of fused-ring (bicyclic) bond motifs is 1. The molecule has 0 aliphatic rings. The van der Waals surface area contributed by atoms with Gasteiger partial charge in [-0.2, -0.15) is 0 Å². The fourth-order valence-corrected chi connectivity index (χ4v) is 2.47. The summed E-state index contributed by atoms with van der Waals surface area (Å²) in [5.41, 5.74) is 8.01. The number of carbonyl (C=O) groups excluding carboxylic acids is 1. The van der Waals surface area contributed by atoms with E-state index in [1.807, 2.05) is 53.8 Å². The summed E-state index contributed by atoms with van der Waals surface area (Å²) in [6.07, 6.45) is 2.66. The van der Waals surface area contributed by atoms with E-state index >= 15 is 0 Å². The summed E-state index contributed by atoms with van der Waals surface area (Å²) in [5, 5.41) is 1.18. The van der Waals surface area contributed by atoms with Gasteiger partial charge in [-0.05, 0) is 18.1 Å². The molecule has 2 aromatic rings. The van der Waals surface area contributed by atoms with Gasteiger partial charge in [-0.15, -0.1) is 0 Å². The molecule has 0 aliphatic heterocycles. The molecule has 0 bridgehead atoms. The van der Waals surface area contributed by atoms with Crippen molar-refractivity contribution in [2.75, 3.05) is 0 Å². The highest BCUT2D eigenvalue weighted by Gasteiger charge is 2.27. The Morgan fingerprint density at radius 1 is 1.29 bits per heavy atom. The van der Waals surface area contributed by atoms with Gasteiger partial charge in [-0.3, -0.25) is 4.79 Å². The Bertz CT molecular complexity index is 611. The minimum absolute atomic E-state index is 0. The van der Waals surface area contributed by atoms with Crippen LogP contribution in [0.3, 0.4) is 0 Å². The van der Waals surface area contributed by atoms with E-state index < -0.39 is 6.04 Å². The van der Waals surface area contributed by atoms with Gasteiger partial charge in [-0.1, -0.05) is 52.8 Å². The average molecular weight is 290 g/mol. The molecule has 0 fully saturated rings. The molecule has 21 heavy (non-hydrogen) atoms. The van der Waals surface area contributed by atoms with Gasteiger partial charge < -0.3 is 10.3 Å². The Kier molecular flexibility index (Phi) is 5.73. The molecule has 1 atom stereocenters. The minimum atomic E-state index is -0.439. The highest BCUT2D eigenvalue weighted by Crippen LogP contribution is 2.23. The molecule has 0 saturated carbocycles. The second kappa shape index (κ2) is 6.90. The van der Waals surface area contributed by atoms with Crippen molar-refractivity contribution in [3.63, 3.8) is 0 Å². The normalized spacial score (nSPS) is 12.7. The predicted octanol–water partition coefficient (Wildman–Crippen LogP) is 3.94. The molecule has 2 N–H and O–H groups in total. The van der Waals surface area contributed by atoms with E-state index in [1.54, 1.807) is 0 Å². The SMILES string of the molecule is CC.Cn1cc(C[C@H](N)C(=O)C(C)(C)C)c2ccccc21.[HH]. The Morgan fingerprint density at radius 2 is 1.86 bits per heavy atom. The third-order valence-electron chi connectivity index (χ3n) is 3.50. The predicted molar refractivity (Wildman–Crippen MR) is 92.5 cm³/mol. The molecule has 0 aliphatic carbocycles. The van der Waals surface area contributed by atoms with Crippen molar-refractivity contribution in [1.29, 1.82) is 0 Å². The van der Waals surface area contributed by atoms with Crippen molar-refractivity contribution >= 4 is 16.7 Å². The lowest BCUT2D eigenvalue weighted by atomic mass is 9.84. The van der Waals surface area contributed by atoms with Crippen LogP contribution in [0.1, 0.15) is 41.6 Å². The number of ketones is 1. The molecule has 0 saturated heterocycles. The number of hydrogen-bond donors (Lipinski definition) is 1. The maximum atomic E-state index is 12.2. The van der Waals surface area contributed by atoms with Crippen molar-refractivity contribution in [3.8, 4) is 0 Å². The third kappa shape index (κ3) is 3.94. The number of Topliss-reactive ketones (excluding diaryl/α,β-unsaturated/α-hetero) is 1. The number of aryl methyl sites for hydroxylation is 1.